The van der Waals surface area contributed by atoms with Gasteiger partial charge in [-0.1, -0.05) is 29.8 Å². The van der Waals surface area contributed by atoms with E-state index < -0.39 is 0 Å². The average molecular weight is 385 g/mol. The third kappa shape index (κ3) is 3.50. The van der Waals surface area contributed by atoms with Crippen molar-refractivity contribution in [3.63, 3.8) is 0 Å². The van der Waals surface area contributed by atoms with Crippen LogP contribution in [-0.2, 0) is 4.79 Å². The minimum atomic E-state index is -0.361. The number of halogens is 2. The molecule has 138 valence electrons. The van der Waals surface area contributed by atoms with Crippen LogP contribution in [0.3, 0.4) is 0 Å². The number of piperazine rings is 1. The molecule has 5 nitrogen and oxygen atoms in total. The van der Waals surface area contributed by atoms with Crippen LogP contribution in [0.25, 0.3) is 22.3 Å². The molecule has 0 unspecified atom stereocenters. The lowest BCUT2D eigenvalue weighted by molar-refractivity contribution is -0.108. The Labute approximate surface area is 161 Å². The van der Waals surface area contributed by atoms with Crippen molar-refractivity contribution < 1.29 is 9.18 Å². The van der Waals surface area contributed by atoms with E-state index in [2.05, 4.69) is 19.8 Å². The molecule has 1 saturated heterocycles. The molecule has 0 amide bonds. The van der Waals surface area contributed by atoms with Crippen LogP contribution >= 0.6 is 11.6 Å². The number of carbonyl (C=O) groups is 1. The highest BCUT2D eigenvalue weighted by Gasteiger charge is 2.22. The van der Waals surface area contributed by atoms with E-state index in [-0.39, 0.29) is 5.82 Å². The van der Waals surface area contributed by atoms with Crippen LogP contribution in [0, 0.1) is 5.82 Å². The Hall–Kier alpha value is -2.57. The zero-order valence-electron chi connectivity index (χ0n) is 14.6. The normalized spacial score (nSPS) is 15.3. The topological polar surface area (TPSA) is 49.3 Å². The molecule has 3 aromatic rings. The molecule has 1 aromatic heterocycles. The molecule has 2 heterocycles. The van der Waals surface area contributed by atoms with Gasteiger partial charge in [0.25, 0.3) is 0 Å². The van der Waals surface area contributed by atoms with E-state index in [1.54, 1.807) is 18.2 Å². The van der Waals surface area contributed by atoms with Crippen LogP contribution in [0.1, 0.15) is 0 Å². The Morgan fingerprint density at radius 3 is 2.56 bits per heavy atom. The van der Waals surface area contributed by atoms with Crippen molar-refractivity contribution in [2.45, 2.75) is 0 Å². The van der Waals surface area contributed by atoms with Gasteiger partial charge >= 0.3 is 0 Å². The van der Waals surface area contributed by atoms with E-state index in [9.17, 15) is 9.18 Å². The van der Waals surface area contributed by atoms with E-state index >= 15 is 0 Å². The average Bonchev–Trinajstić information content (AvgIpc) is 2.69. The number of anilines is 1. The first kappa shape index (κ1) is 17.8. The van der Waals surface area contributed by atoms with Crippen LogP contribution in [-0.4, -0.2) is 53.9 Å². The number of rotatable bonds is 4. The SMILES string of the molecule is O=CCN1CCN(c2nc(-c3ccccc3F)nc3cccc(Cl)c23)CC1. The molecular weight excluding hydrogens is 367 g/mol. The summed E-state index contributed by atoms with van der Waals surface area (Å²) in [7, 11) is 0. The summed E-state index contributed by atoms with van der Waals surface area (Å²) < 4.78 is 14.3. The number of aldehydes is 1. The summed E-state index contributed by atoms with van der Waals surface area (Å²) in [5.41, 5.74) is 1.04. The number of hydrogen-bond acceptors (Lipinski definition) is 5. The maximum Gasteiger partial charge on any atom is 0.165 e. The minimum Gasteiger partial charge on any atom is -0.353 e. The summed E-state index contributed by atoms with van der Waals surface area (Å²) in [6.45, 7) is 3.36. The molecule has 0 N–H and O–H groups in total. The molecule has 0 radical (unpaired) electrons. The van der Waals surface area contributed by atoms with Gasteiger partial charge in [-0.2, -0.15) is 0 Å². The largest absolute Gasteiger partial charge is 0.353 e. The molecule has 0 atom stereocenters. The second kappa shape index (κ2) is 7.58. The number of fused-ring (bicyclic) bond motifs is 1. The highest BCUT2D eigenvalue weighted by Crippen LogP contribution is 2.33. The molecule has 7 heteroatoms. The third-order valence-corrected chi connectivity index (χ3v) is 5.09. The molecule has 0 aliphatic carbocycles. The van der Waals surface area contributed by atoms with Crippen molar-refractivity contribution >= 4 is 34.6 Å². The maximum atomic E-state index is 14.3. The first-order valence-electron chi connectivity index (χ1n) is 8.79. The van der Waals surface area contributed by atoms with Gasteiger partial charge in [-0.3, -0.25) is 4.90 Å². The lowest BCUT2D eigenvalue weighted by Crippen LogP contribution is -2.47. The van der Waals surface area contributed by atoms with Crippen molar-refractivity contribution in [3.8, 4) is 11.4 Å². The van der Waals surface area contributed by atoms with E-state index in [1.165, 1.54) is 6.07 Å². The molecule has 1 aliphatic rings. The van der Waals surface area contributed by atoms with E-state index in [0.717, 1.165) is 24.8 Å². The fourth-order valence-corrected chi connectivity index (χ4v) is 3.62. The highest BCUT2D eigenvalue weighted by atomic mass is 35.5. The number of benzene rings is 2. The quantitative estimate of drug-likeness (QED) is 0.645. The summed E-state index contributed by atoms with van der Waals surface area (Å²) in [6, 6.07) is 12.0. The number of aromatic nitrogens is 2. The zero-order chi connectivity index (χ0) is 18.8. The number of nitrogens with zero attached hydrogens (tertiary/aromatic N) is 4. The van der Waals surface area contributed by atoms with E-state index in [1.807, 2.05) is 18.2 Å². The maximum absolute atomic E-state index is 14.3. The second-order valence-electron chi connectivity index (χ2n) is 6.44. The second-order valence-corrected chi connectivity index (χ2v) is 6.85. The van der Waals surface area contributed by atoms with Crippen LogP contribution in [0.2, 0.25) is 5.02 Å². The predicted molar refractivity (Wildman–Crippen MR) is 105 cm³/mol. The molecular formula is C20H18ClFN4O. The molecule has 2 aromatic carbocycles. The van der Waals surface area contributed by atoms with Gasteiger partial charge in [0.2, 0.25) is 0 Å². The lowest BCUT2D eigenvalue weighted by atomic mass is 10.1. The van der Waals surface area contributed by atoms with Crippen LogP contribution in [0.4, 0.5) is 10.2 Å². The standard InChI is InChI=1S/C20H18ClFN4O/c21-15-5-3-7-17-18(15)20(26-10-8-25(9-11-26)12-13-27)24-19(23-17)14-4-1-2-6-16(14)22/h1-7,13H,8-12H2. The summed E-state index contributed by atoms with van der Waals surface area (Å²) in [4.78, 5) is 24.2. The van der Waals surface area contributed by atoms with Gasteiger partial charge in [-0.25, -0.2) is 14.4 Å². The van der Waals surface area contributed by atoms with Crippen molar-refractivity contribution in [2.24, 2.45) is 0 Å². The summed E-state index contributed by atoms with van der Waals surface area (Å²) >= 11 is 6.45. The fourth-order valence-electron chi connectivity index (χ4n) is 3.36. The molecule has 27 heavy (non-hydrogen) atoms. The molecule has 1 aliphatic heterocycles. The highest BCUT2D eigenvalue weighted by molar-refractivity contribution is 6.36. The Bertz CT molecular complexity index is 989. The molecule has 1 fully saturated rings. The van der Waals surface area contributed by atoms with Crippen molar-refractivity contribution in [3.05, 3.63) is 53.3 Å². The monoisotopic (exact) mass is 384 g/mol. The van der Waals surface area contributed by atoms with E-state index in [4.69, 9.17) is 11.6 Å². The van der Waals surface area contributed by atoms with Gasteiger partial charge in [0.15, 0.2) is 5.82 Å². The number of carbonyl (C=O) groups excluding carboxylic acids is 1. The van der Waals surface area contributed by atoms with Crippen LogP contribution in [0.15, 0.2) is 42.5 Å². The van der Waals surface area contributed by atoms with Crippen molar-refractivity contribution in [1.82, 2.24) is 14.9 Å². The first-order chi connectivity index (χ1) is 13.2. The predicted octanol–water partition coefficient (Wildman–Crippen LogP) is 3.41. The Morgan fingerprint density at radius 1 is 1.04 bits per heavy atom. The summed E-state index contributed by atoms with van der Waals surface area (Å²) in [5.74, 6) is 0.684. The van der Waals surface area contributed by atoms with Gasteiger partial charge in [-0.15, -0.1) is 0 Å². The number of hydrogen-bond donors (Lipinski definition) is 0. The van der Waals surface area contributed by atoms with Crippen LogP contribution in [0.5, 0.6) is 0 Å². The molecule has 4 rings (SSSR count). The van der Waals surface area contributed by atoms with Crippen LogP contribution < -0.4 is 4.90 Å². The first-order valence-corrected chi connectivity index (χ1v) is 9.17. The molecule has 0 spiro atoms. The Morgan fingerprint density at radius 2 is 1.81 bits per heavy atom. The third-order valence-electron chi connectivity index (χ3n) is 4.77. The Kier molecular flexibility index (Phi) is 5.01. The van der Waals surface area contributed by atoms with Gasteiger partial charge in [0, 0.05) is 26.2 Å². The minimum absolute atomic E-state index is 0.341. The van der Waals surface area contributed by atoms with Crippen molar-refractivity contribution in [1.29, 1.82) is 0 Å². The molecule has 0 saturated carbocycles. The zero-order valence-corrected chi connectivity index (χ0v) is 15.4. The smallest absolute Gasteiger partial charge is 0.165 e. The lowest BCUT2D eigenvalue weighted by Gasteiger charge is -2.35. The summed E-state index contributed by atoms with van der Waals surface area (Å²) in [5, 5.41) is 1.33. The van der Waals surface area contributed by atoms with Gasteiger partial charge in [0.1, 0.15) is 17.9 Å². The van der Waals surface area contributed by atoms with Gasteiger partial charge < -0.3 is 9.69 Å². The van der Waals surface area contributed by atoms with Crippen molar-refractivity contribution in [2.75, 3.05) is 37.6 Å². The fraction of sp³-hybridized carbons (Fsp3) is 0.250. The van der Waals surface area contributed by atoms with Gasteiger partial charge in [-0.05, 0) is 24.3 Å². The Balaban J connectivity index is 1.81. The van der Waals surface area contributed by atoms with E-state index in [0.29, 0.717) is 47.4 Å². The van der Waals surface area contributed by atoms with Gasteiger partial charge in [0.05, 0.1) is 28.0 Å². The summed E-state index contributed by atoms with van der Waals surface area (Å²) in [6.07, 6.45) is 0.920. The molecule has 0 bridgehead atoms.